The molecular weight excluding hydrogens is 340 g/mol. The van der Waals surface area contributed by atoms with Gasteiger partial charge in [-0.05, 0) is 63.0 Å². The third-order valence-corrected chi connectivity index (χ3v) is 8.08. The number of para-hydroxylation sites is 1. The lowest BCUT2D eigenvalue weighted by molar-refractivity contribution is 0.0841. The minimum absolute atomic E-state index is 0.367. The summed E-state index contributed by atoms with van der Waals surface area (Å²) >= 11 is 0. The Hall–Kier alpha value is -1.28. The predicted molar refractivity (Wildman–Crippen MR) is 119 cm³/mol. The van der Waals surface area contributed by atoms with Crippen molar-refractivity contribution in [2.24, 2.45) is 11.8 Å². The summed E-state index contributed by atoms with van der Waals surface area (Å²) in [5.41, 5.74) is 2.77. The maximum absolute atomic E-state index is 9.76. The van der Waals surface area contributed by atoms with Gasteiger partial charge in [-0.25, -0.2) is 0 Å². The lowest BCUT2D eigenvalue weighted by atomic mass is 9.82. The summed E-state index contributed by atoms with van der Waals surface area (Å²) in [5, 5.41) is 0. The molecule has 1 aromatic rings. The standard InChI is InChI=1S/C26H38N2/c1-19-11-9-10-16-23(19)27-20(2)24-17-18-25(21-12-5-3-6-13-21)28(24)26(27)22-14-7-4-8-15-22/h9-11,16-18,20-22,24-26H,3-8,12-15H2,1-2H3/t20-,24?,25?,26?/m0/s1/i25D. The molecule has 2 heterocycles. The number of hydrogen-bond donors (Lipinski definition) is 0. The molecule has 2 saturated carbocycles. The summed E-state index contributed by atoms with van der Waals surface area (Å²) in [6.45, 7) is 4.66. The second-order valence-electron chi connectivity index (χ2n) is 9.76. The summed E-state index contributed by atoms with van der Waals surface area (Å²) in [5.74, 6) is 1.18. The van der Waals surface area contributed by atoms with Crippen LogP contribution in [0.1, 0.15) is 78.1 Å². The Kier molecular flexibility index (Phi) is 4.93. The van der Waals surface area contributed by atoms with Crippen molar-refractivity contribution in [1.82, 2.24) is 4.90 Å². The van der Waals surface area contributed by atoms with Gasteiger partial charge in [0.15, 0.2) is 0 Å². The van der Waals surface area contributed by atoms with E-state index in [0.29, 0.717) is 30.1 Å². The molecule has 0 amide bonds. The second-order valence-corrected chi connectivity index (χ2v) is 9.76. The van der Waals surface area contributed by atoms with Crippen molar-refractivity contribution in [1.29, 1.82) is 0 Å². The molecule has 4 atom stereocenters. The summed E-state index contributed by atoms with van der Waals surface area (Å²) in [7, 11) is 0. The van der Waals surface area contributed by atoms with Gasteiger partial charge in [0.1, 0.15) is 0 Å². The SMILES string of the molecule is [2H]C1(C2CCCCC2)C=CC2[C@H](C)N(c3ccccc3C)C(C3CCCCC3)N21. The average molecular weight is 380 g/mol. The fraction of sp³-hybridized carbons (Fsp3) is 0.692. The Morgan fingerprint density at radius 3 is 2.18 bits per heavy atom. The highest BCUT2D eigenvalue weighted by atomic mass is 15.5. The number of fused-ring (bicyclic) bond motifs is 1. The number of aryl methyl sites for hydroxylation is 1. The van der Waals surface area contributed by atoms with Crippen molar-refractivity contribution in [3.05, 3.63) is 42.0 Å². The Morgan fingerprint density at radius 2 is 1.50 bits per heavy atom. The van der Waals surface area contributed by atoms with E-state index in [9.17, 15) is 1.37 Å². The van der Waals surface area contributed by atoms with Crippen LogP contribution >= 0.6 is 0 Å². The van der Waals surface area contributed by atoms with Crippen LogP contribution in [0.5, 0.6) is 0 Å². The maximum atomic E-state index is 9.76. The van der Waals surface area contributed by atoms with Crippen molar-refractivity contribution in [2.45, 2.75) is 102 Å². The monoisotopic (exact) mass is 379 g/mol. The van der Waals surface area contributed by atoms with Crippen LogP contribution in [0.3, 0.4) is 0 Å². The van der Waals surface area contributed by atoms with Crippen LogP contribution in [0.15, 0.2) is 36.4 Å². The van der Waals surface area contributed by atoms with Crippen molar-refractivity contribution < 1.29 is 1.37 Å². The molecule has 1 aromatic carbocycles. The van der Waals surface area contributed by atoms with Crippen LogP contribution in [-0.4, -0.2) is 29.2 Å². The van der Waals surface area contributed by atoms with Gasteiger partial charge in [0.05, 0.1) is 13.6 Å². The van der Waals surface area contributed by atoms with Gasteiger partial charge in [0, 0.05) is 17.7 Å². The van der Waals surface area contributed by atoms with E-state index in [1.807, 2.05) is 0 Å². The van der Waals surface area contributed by atoms with Gasteiger partial charge < -0.3 is 4.90 Å². The van der Waals surface area contributed by atoms with Crippen molar-refractivity contribution in [3.8, 4) is 0 Å². The highest BCUT2D eigenvalue weighted by molar-refractivity contribution is 5.57. The first kappa shape index (κ1) is 17.6. The fourth-order valence-electron chi connectivity index (χ4n) is 6.66. The number of hydrogen-bond acceptors (Lipinski definition) is 2. The highest BCUT2D eigenvalue weighted by Gasteiger charge is 2.52. The fourth-order valence-corrected chi connectivity index (χ4v) is 6.66. The van der Waals surface area contributed by atoms with Gasteiger partial charge in [-0.15, -0.1) is 0 Å². The number of nitrogens with zero attached hydrogens (tertiary/aromatic N) is 2. The minimum atomic E-state index is -0.515. The van der Waals surface area contributed by atoms with Crippen LogP contribution in [0, 0.1) is 18.8 Å². The molecule has 0 aromatic heterocycles. The quantitative estimate of drug-likeness (QED) is 0.569. The van der Waals surface area contributed by atoms with E-state index >= 15 is 0 Å². The molecule has 152 valence electrons. The molecule has 0 spiro atoms. The Balaban J connectivity index is 1.57. The Labute approximate surface area is 173 Å². The van der Waals surface area contributed by atoms with Crippen molar-refractivity contribution >= 4 is 5.69 Å². The number of anilines is 1. The highest BCUT2D eigenvalue weighted by Crippen LogP contribution is 2.47. The zero-order chi connectivity index (χ0) is 20.0. The first-order valence-corrected chi connectivity index (χ1v) is 11.9. The summed E-state index contributed by atoms with van der Waals surface area (Å²) in [6, 6.07) is 9.22. The average Bonchev–Trinajstić information content (AvgIpc) is 3.26. The summed E-state index contributed by atoms with van der Waals surface area (Å²) in [6.07, 6.45) is 18.3. The molecule has 3 unspecified atom stereocenters. The smallest absolute Gasteiger partial charge is 0.0863 e. The molecule has 28 heavy (non-hydrogen) atoms. The molecule has 4 aliphatic rings. The van der Waals surface area contributed by atoms with E-state index in [-0.39, 0.29) is 0 Å². The summed E-state index contributed by atoms with van der Waals surface area (Å²) < 4.78 is 9.76. The first-order chi connectivity index (χ1) is 14.1. The first-order valence-electron chi connectivity index (χ1n) is 12.4. The van der Waals surface area contributed by atoms with E-state index in [0.717, 1.165) is 0 Å². The molecule has 0 N–H and O–H groups in total. The summed E-state index contributed by atoms with van der Waals surface area (Å²) in [4.78, 5) is 5.40. The van der Waals surface area contributed by atoms with Gasteiger partial charge in [-0.1, -0.05) is 68.9 Å². The van der Waals surface area contributed by atoms with E-state index in [2.05, 4.69) is 60.1 Å². The zero-order valence-electron chi connectivity index (χ0n) is 18.8. The molecule has 5 rings (SSSR count). The minimum Gasteiger partial charge on any atom is -0.351 e. The zero-order valence-corrected chi connectivity index (χ0v) is 17.8. The third-order valence-electron chi connectivity index (χ3n) is 8.08. The Bertz CT molecular complexity index is 749. The topological polar surface area (TPSA) is 6.48 Å². The third kappa shape index (κ3) is 3.12. The molecule has 2 nitrogen and oxygen atoms in total. The van der Waals surface area contributed by atoms with Gasteiger partial charge >= 0.3 is 0 Å². The van der Waals surface area contributed by atoms with Crippen molar-refractivity contribution in [2.75, 3.05) is 4.90 Å². The van der Waals surface area contributed by atoms with Crippen LogP contribution in [-0.2, 0) is 0 Å². The molecule has 2 heteroatoms. The van der Waals surface area contributed by atoms with Gasteiger partial charge in [0.25, 0.3) is 0 Å². The lowest BCUT2D eigenvalue weighted by Gasteiger charge is -2.44. The van der Waals surface area contributed by atoms with Crippen LogP contribution in [0.4, 0.5) is 5.69 Å². The lowest BCUT2D eigenvalue weighted by Crippen LogP contribution is -2.51. The van der Waals surface area contributed by atoms with Crippen LogP contribution in [0.2, 0.25) is 0 Å². The van der Waals surface area contributed by atoms with Gasteiger partial charge in [-0.2, -0.15) is 0 Å². The van der Waals surface area contributed by atoms with Gasteiger partial charge in [0.2, 0.25) is 0 Å². The Morgan fingerprint density at radius 1 is 0.857 bits per heavy atom. The van der Waals surface area contributed by atoms with Crippen LogP contribution < -0.4 is 4.90 Å². The number of rotatable bonds is 3. The predicted octanol–water partition coefficient (Wildman–Crippen LogP) is 6.30. The molecule has 0 radical (unpaired) electrons. The van der Waals surface area contributed by atoms with E-state index < -0.39 is 6.02 Å². The molecule has 2 aliphatic heterocycles. The molecule has 3 fully saturated rings. The molecule has 2 aliphatic carbocycles. The second kappa shape index (κ2) is 7.86. The maximum Gasteiger partial charge on any atom is 0.0863 e. The van der Waals surface area contributed by atoms with Crippen LogP contribution in [0.25, 0.3) is 0 Å². The normalized spacial score (nSPS) is 38.0. The van der Waals surface area contributed by atoms with E-state index in [1.165, 1.54) is 75.5 Å². The molecule has 1 saturated heterocycles. The molecule has 0 bridgehead atoms. The van der Waals surface area contributed by atoms with Gasteiger partial charge in [-0.3, -0.25) is 4.90 Å². The van der Waals surface area contributed by atoms with Crippen molar-refractivity contribution in [3.63, 3.8) is 0 Å². The number of benzene rings is 1. The largest absolute Gasteiger partial charge is 0.351 e. The van der Waals surface area contributed by atoms with E-state index in [4.69, 9.17) is 0 Å². The molecular formula is C26H38N2. The van der Waals surface area contributed by atoms with E-state index in [1.54, 1.807) is 0 Å².